The van der Waals surface area contributed by atoms with E-state index in [9.17, 15) is 8.42 Å². The number of sulfonamides is 1. The minimum Gasteiger partial charge on any atom is -0.468 e. The Bertz CT molecular complexity index is 1740. The van der Waals surface area contributed by atoms with Gasteiger partial charge in [-0.15, -0.1) is 11.3 Å². The minimum absolute atomic E-state index is 0.161. The maximum Gasteiger partial charge on any atom is 0.243 e. The Hall–Kier alpha value is -3.72. The van der Waals surface area contributed by atoms with E-state index in [0.29, 0.717) is 18.7 Å². The van der Waals surface area contributed by atoms with Crippen LogP contribution >= 0.6 is 11.3 Å². The molecule has 3 aromatic heterocycles. The zero-order chi connectivity index (χ0) is 24.5. The molecule has 6 nitrogen and oxygen atoms in total. The fourth-order valence-electron chi connectivity index (χ4n) is 4.33. The molecule has 0 unspecified atom stereocenters. The number of hydrogen-bond acceptors (Lipinski definition) is 5. The molecule has 6 rings (SSSR count). The Labute approximate surface area is 213 Å². The van der Waals surface area contributed by atoms with E-state index in [-0.39, 0.29) is 11.4 Å². The number of fused-ring (bicyclic) bond motifs is 2. The van der Waals surface area contributed by atoms with Gasteiger partial charge in [0.15, 0.2) is 4.96 Å². The maximum absolute atomic E-state index is 13.8. The molecule has 0 saturated heterocycles. The first-order chi connectivity index (χ1) is 17.6. The van der Waals surface area contributed by atoms with Gasteiger partial charge < -0.3 is 4.42 Å². The summed E-state index contributed by atoms with van der Waals surface area (Å²) in [6.07, 6.45) is 4.12. The third-order valence-electron chi connectivity index (χ3n) is 6.24. The molecular formula is C28H23N3O3S2. The van der Waals surface area contributed by atoms with Gasteiger partial charge in [-0.05, 0) is 35.0 Å². The zero-order valence-corrected chi connectivity index (χ0v) is 21.0. The van der Waals surface area contributed by atoms with Crippen molar-refractivity contribution in [1.29, 1.82) is 0 Å². The molecule has 0 atom stereocenters. The minimum atomic E-state index is -3.76. The number of thiazole rings is 1. The van der Waals surface area contributed by atoms with Crippen LogP contribution in [0.15, 0.2) is 112 Å². The van der Waals surface area contributed by atoms with Gasteiger partial charge in [-0.25, -0.2) is 13.4 Å². The highest BCUT2D eigenvalue weighted by atomic mass is 32.2. The summed E-state index contributed by atoms with van der Waals surface area (Å²) in [5.74, 6) is 0.601. The standard InChI is InChI=1S/C28H23N3O3S2/c32-36(33,26-13-12-21-7-4-5-10-23(21)17-26)30(18-25-11-6-16-34-25)15-14-24-20-35-28-29-27(19-31(24)28)22-8-2-1-3-9-22/h1-13,16-17,19-20H,14-15,18H2. The van der Waals surface area contributed by atoms with Gasteiger partial charge in [0.1, 0.15) is 5.76 Å². The van der Waals surface area contributed by atoms with E-state index in [1.807, 2.05) is 72.2 Å². The lowest BCUT2D eigenvalue weighted by Crippen LogP contribution is -2.32. The van der Waals surface area contributed by atoms with Crippen LogP contribution in [0.2, 0.25) is 0 Å². The molecule has 0 amide bonds. The van der Waals surface area contributed by atoms with Crippen molar-refractivity contribution in [2.75, 3.05) is 6.54 Å². The molecular weight excluding hydrogens is 490 g/mol. The highest BCUT2D eigenvalue weighted by Gasteiger charge is 2.26. The largest absolute Gasteiger partial charge is 0.468 e. The summed E-state index contributed by atoms with van der Waals surface area (Å²) in [5.41, 5.74) is 2.97. The molecule has 0 spiro atoms. The molecule has 36 heavy (non-hydrogen) atoms. The SMILES string of the molecule is O=S(=O)(c1ccc2ccccc2c1)N(CCc1csc2nc(-c3ccccc3)cn12)Cc1ccco1. The normalized spacial score (nSPS) is 12.1. The molecule has 6 aromatic rings. The summed E-state index contributed by atoms with van der Waals surface area (Å²) in [5, 5.41) is 3.94. The molecule has 8 heteroatoms. The summed E-state index contributed by atoms with van der Waals surface area (Å²) in [6.45, 7) is 0.467. The third kappa shape index (κ3) is 4.35. The summed E-state index contributed by atoms with van der Waals surface area (Å²) in [7, 11) is -3.76. The van der Waals surface area contributed by atoms with E-state index >= 15 is 0 Å². The fourth-order valence-corrected chi connectivity index (χ4v) is 6.68. The lowest BCUT2D eigenvalue weighted by atomic mass is 10.1. The second-order valence-electron chi connectivity index (χ2n) is 8.55. The molecule has 0 bridgehead atoms. The van der Waals surface area contributed by atoms with Crippen LogP contribution in [0.25, 0.3) is 27.0 Å². The number of nitrogens with zero attached hydrogens (tertiary/aromatic N) is 3. The third-order valence-corrected chi connectivity index (χ3v) is 8.97. The van der Waals surface area contributed by atoms with E-state index in [1.54, 1.807) is 41.9 Å². The van der Waals surface area contributed by atoms with Crippen molar-refractivity contribution in [3.8, 4) is 11.3 Å². The van der Waals surface area contributed by atoms with Crippen molar-refractivity contribution in [2.24, 2.45) is 0 Å². The summed E-state index contributed by atoms with van der Waals surface area (Å²) in [4.78, 5) is 5.91. The molecule has 3 aromatic carbocycles. The highest BCUT2D eigenvalue weighted by Crippen LogP contribution is 2.26. The van der Waals surface area contributed by atoms with Crippen LogP contribution < -0.4 is 0 Å². The van der Waals surface area contributed by atoms with Crippen molar-refractivity contribution in [3.63, 3.8) is 0 Å². The first kappa shape index (κ1) is 22.7. The van der Waals surface area contributed by atoms with Crippen LogP contribution in [0.5, 0.6) is 0 Å². The van der Waals surface area contributed by atoms with E-state index in [0.717, 1.165) is 32.7 Å². The van der Waals surface area contributed by atoms with E-state index in [4.69, 9.17) is 9.40 Å². The number of aromatic nitrogens is 2. The van der Waals surface area contributed by atoms with Crippen LogP contribution in [0.1, 0.15) is 11.5 Å². The molecule has 3 heterocycles. The van der Waals surface area contributed by atoms with Crippen LogP contribution in [-0.4, -0.2) is 28.7 Å². The Kier molecular flexibility index (Phi) is 5.92. The van der Waals surface area contributed by atoms with Gasteiger partial charge in [0, 0.05) is 35.8 Å². The second-order valence-corrected chi connectivity index (χ2v) is 11.3. The Morgan fingerprint density at radius 3 is 2.53 bits per heavy atom. The molecule has 0 fully saturated rings. The van der Waals surface area contributed by atoms with Crippen LogP contribution in [-0.2, 0) is 23.0 Å². The quantitative estimate of drug-likeness (QED) is 0.242. The smallest absolute Gasteiger partial charge is 0.243 e. The highest BCUT2D eigenvalue weighted by molar-refractivity contribution is 7.89. The van der Waals surface area contributed by atoms with Gasteiger partial charge in [-0.3, -0.25) is 4.40 Å². The van der Waals surface area contributed by atoms with Crippen LogP contribution in [0.4, 0.5) is 0 Å². The van der Waals surface area contributed by atoms with Gasteiger partial charge in [0.05, 0.1) is 23.4 Å². The molecule has 0 N–H and O–H groups in total. The lowest BCUT2D eigenvalue weighted by molar-refractivity contribution is 0.365. The van der Waals surface area contributed by atoms with Crippen LogP contribution in [0, 0.1) is 0 Å². The predicted molar refractivity (Wildman–Crippen MR) is 142 cm³/mol. The Morgan fingerprint density at radius 2 is 1.72 bits per heavy atom. The lowest BCUT2D eigenvalue weighted by Gasteiger charge is -2.21. The average Bonchev–Trinajstić information content (AvgIpc) is 3.65. The maximum atomic E-state index is 13.8. The van der Waals surface area contributed by atoms with Gasteiger partial charge in [0.25, 0.3) is 0 Å². The topological polar surface area (TPSA) is 67.8 Å². The van der Waals surface area contributed by atoms with Gasteiger partial charge >= 0.3 is 0 Å². The van der Waals surface area contributed by atoms with Gasteiger partial charge in [-0.2, -0.15) is 4.31 Å². The average molecular weight is 514 g/mol. The fraction of sp³-hybridized carbons (Fsp3) is 0.107. The van der Waals surface area contributed by atoms with E-state index in [2.05, 4.69) is 4.40 Å². The van der Waals surface area contributed by atoms with Crippen molar-refractivity contribution in [3.05, 3.63) is 114 Å². The zero-order valence-electron chi connectivity index (χ0n) is 19.3. The number of benzene rings is 3. The van der Waals surface area contributed by atoms with Crippen molar-refractivity contribution in [1.82, 2.24) is 13.7 Å². The predicted octanol–water partition coefficient (Wildman–Crippen LogP) is 6.24. The molecule has 0 aliphatic heterocycles. The molecule has 0 radical (unpaired) electrons. The van der Waals surface area contributed by atoms with Crippen molar-refractivity contribution in [2.45, 2.75) is 17.9 Å². The molecule has 0 aliphatic carbocycles. The Morgan fingerprint density at radius 1 is 0.917 bits per heavy atom. The number of imidazole rings is 1. The van der Waals surface area contributed by atoms with Crippen LogP contribution in [0.3, 0.4) is 0 Å². The summed E-state index contributed by atoms with van der Waals surface area (Å²) >= 11 is 1.56. The first-order valence-electron chi connectivity index (χ1n) is 11.6. The van der Waals surface area contributed by atoms with Crippen molar-refractivity contribution >= 4 is 37.1 Å². The first-order valence-corrected chi connectivity index (χ1v) is 13.9. The monoisotopic (exact) mass is 513 g/mol. The van der Waals surface area contributed by atoms with E-state index < -0.39 is 10.0 Å². The number of hydrogen-bond donors (Lipinski definition) is 0. The summed E-state index contributed by atoms with van der Waals surface area (Å²) < 4.78 is 36.6. The molecule has 0 saturated carbocycles. The summed E-state index contributed by atoms with van der Waals surface area (Å²) in [6, 6.07) is 26.6. The number of rotatable bonds is 8. The van der Waals surface area contributed by atoms with E-state index in [1.165, 1.54) is 4.31 Å². The van der Waals surface area contributed by atoms with Gasteiger partial charge in [-0.1, -0.05) is 60.7 Å². The van der Waals surface area contributed by atoms with Gasteiger partial charge in [0.2, 0.25) is 10.0 Å². The second kappa shape index (κ2) is 9.39. The van der Waals surface area contributed by atoms with Crippen molar-refractivity contribution < 1.29 is 12.8 Å². The Balaban J connectivity index is 1.31. The number of furan rings is 1. The molecule has 180 valence electrons. The molecule has 0 aliphatic rings.